The highest BCUT2D eigenvalue weighted by Gasteiger charge is 2.50. The van der Waals surface area contributed by atoms with Gasteiger partial charge in [0.05, 0.1) is 29.0 Å². The van der Waals surface area contributed by atoms with Crippen LogP contribution in [0.4, 0.5) is 0 Å². The summed E-state index contributed by atoms with van der Waals surface area (Å²) >= 11 is 1.68. The van der Waals surface area contributed by atoms with E-state index in [4.69, 9.17) is 18.3 Å². The third-order valence-corrected chi connectivity index (χ3v) is 27.9. The molecule has 0 aliphatic rings. The number of aromatic nitrogens is 1. The normalized spacial score (nSPS) is 17.4. The van der Waals surface area contributed by atoms with Gasteiger partial charge in [0.25, 0.3) is 0 Å². The lowest BCUT2D eigenvalue weighted by Gasteiger charge is -2.47. The number of thiazole rings is 1. The molecule has 0 saturated carbocycles. The van der Waals surface area contributed by atoms with Crippen LogP contribution in [0.15, 0.2) is 22.6 Å². The predicted octanol–water partition coefficient (Wildman–Crippen LogP) is 14.4. The first kappa shape index (κ1) is 53.0. The summed E-state index contributed by atoms with van der Waals surface area (Å²) in [5.74, 6) is 0.0301. The second-order valence-electron chi connectivity index (χ2n) is 21.9. The number of carbonyl (C=O) groups is 2. The molecular weight excluding hydrogens is 763 g/mol. The molecule has 0 unspecified atom stereocenters. The molecule has 0 N–H and O–H groups in total. The molecule has 56 heavy (non-hydrogen) atoms. The second-order valence-corrected chi connectivity index (χ2v) is 37.2. The monoisotopic (exact) mass is 850 g/mol. The molecule has 10 heteroatoms. The van der Waals surface area contributed by atoms with E-state index in [1.54, 1.807) is 11.3 Å². The van der Waals surface area contributed by atoms with Crippen molar-refractivity contribution in [3.63, 3.8) is 0 Å². The molecule has 0 spiro atoms. The Hall–Kier alpha value is -1.02. The molecule has 1 aromatic rings. The summed E-state index contributed by atoms with van der Waals surface area (Å²) in [6.45, 7) is 48.9. The van der Waals surface area contributed by atoms with Gasteiger partial charge in [-0.2, -0.15) is 0 Å². The summed E-state index contributed by atoms with van der Waals surface area (Å²) in [5.41, 5.74) is 2.74. The SMILES string of the molecule is CC[C@@H](C(=O)C(C)(C)[C@H](CC=O)O[Si](C)(C)C(C)(C)C)[C@@H](O[Si](C)(C)C(C)(C)C)[C@@H](C)CCCC(C)=CC[C@H](O[Si](C)(C)C(C)(C)C)C(C)=Cc1csc(C)n1. The maximum absolute atomic E-state index is 14.9. The summed E-state index contributed by atoms with van der Waals surface area (Å²) in [6.07, 6.45) is 9.48. The van der Waals surface area contributed by atoms with Crippen molar-refractivity contribution in [1.29, 1.82) is 0 Å². The van der Waals surface area contributed by atoms with Gasteiger partial charge in [-0.1, -0.05) is 102 Å². The third-order valence-electron chi connectivity index (χ3n) is 13.6. The molecule has 0 aliphatic carbocycles. The van der Waals surface area contributed by atoms with Crippen LogP contribution in [0.2, 0.25) is 54.4 Å². The lowest BCUT2D eigenvalue weighted by Crippen LogP contribution is -2.54. The largest absolute Gasteiger partial charge is 0.413 e. The average Bonchev–Trinajstić information content (AvgIpc) is 3.44. The highest BCUT2D eigenvalue weighted by Crippen LogP contribution is 2.45. The summed E-state index contributed by atoms with van der Waals surface area (Å²) in [7, 11) is -6.52. The van der Waals surface area contributed by atoms with Gasteiger partial charge in [-0.25, -0.2) is 4.98 Å². The van der Waals surface area contributed by atoms with Crippen LogP contribution in [-0.4, -0.2) is 60.3 Å². The van der Waals surface area contributed by atoms with Gasteiger partial charge in [0, 0.05) is 23.1 Å². The van der Waals surface area contributed by atoms with E-state index in [1.165, 1.54) is 11.1 Å². The van der Waals surface area contributed by atoms with Crippen LogP contribution in [0, 0.1) is 24.2 Å². The van der Waals surface area contributed by atoms with Gasteiger partial charge in [0.1, 0.15) is 12.1 Å². The molecule has 5 atom stereocenters. The molecular formula is C46H87NO5SSi3. The Morgan fingerprint density at radius 3 is 1.77 bits per heavy atom. The molecule has 0 amide bonds. The van der Waals surface area contributed by atoms with E-state index in [0.29, 0.717) is 6.42 Å². The van der Waals surface area contributed by atoms with Crippen molar-refractivity contribution in [2.45, 2.75) is 222 Å². The van der Waals surface area contributed by atoms with Crippen molar-refractivity contribution >= 4 is 54.4 Å². The van der Waals surface area contributed by atoms with Crippen LogP contribution in [0.1, 0.15) is 153 Å². The van der Waals surface area contributed by atoms with Crippen molar-refractivity contribution in [1.82, 2.24) is 4.98 Å². The fourth-order valence-electron chi connectivity index (χ4n) is 6.33. The van der Waals surface area contributed by atoms with Gasteiger partial charge in [-0.15, -0.1) is 11.3 Å². The van der Waals surface area contributed by atoms with E-state index in [0.717, 1.165) is 42.7 Å². The first-order valence-corrected chi connectivity index (χ1v) is 31.0. The topological polar surface area (TPSA) is 74.7 Å². The van der Waals surface area contributed by atoms with Gasteiger partial charge in [0.2, 0.25) is 0 Å². The van der Waals surface area contributed by atoms with Crippen LogP contribution in [0.5, 0.6) is 0 Å². The maximum Gasteiger partial charge on any atom is 0.192 e. The summed E-state index contributed by atoms with van der Waals surface area (Å²) in [5, 5.41) is 3.27. The number of rotatable bonds is 22. The van der Waals surface area contributed by atoms with Crippen molar-refractivity contribution < 1.29 is 22.9 Å². The van der Waals surface area contributed by atoms with Crippen LogP contribution < -0.4 is 0 Å². The molecule has 0 aromatic carbocycles. The van der Waals surface area contributed by atoms with E-state index in [2.05, 4.69) is 147 Å². The van der Waals surface area contributed by atoms with Gasteiger partial charge < -0.3 is 18.1 Å². The van der Waals surface area contributed by atoms with Crippen molar-refractivity contribution in [3.05, 3.63) is 33.3 Å². The second kappa shape index (κ2) is 20.5. The summed E-state index contributed by atoms with van der Waals surface area (Å²) in [6, 6.07) is 0. The number of hydrogen-bond donors (Lipinski definition) is 0. The number of aryl methyl sites for hydroxylation is 1. The minimum Gasteiger partial charge on any atom is -0.413 e. The predicted molar refractivity (Wildman–Crippen MR) is 251 cm³/mol. The summed E-state index contributed by atoms with van der Waals surface area (Å²) < 4.78 is 21.2. The molecule has 324 valence electrons. The van der Waals surface area contributed by atoms with Gasteiger partial charge >= 0.3 is 0 Å². The Balaban J connectivity index is 3.40. The zero-order valence-electron chi connectivity index (χ0n) is 40.3. The first-order valence-electron chi connectivity index (χ1n) is 21.4. The van der Waals surface area contributed by atoms with Crippen LogP contribution >= 0.6 is 11.3 Å². The maximum atomic E-state index is 14.9. The number of nitrogens with zero attached hydrogens (tertiary/aromatic N) is 1. The molecule has 6 nitrogen and oxygen atoms in total. The lowest BCUT2D eigenvalue weighted by atomic mass is 9.71. The number of hydrogen-bond acceptors (Lipinski definition) is 7. The smallest absolute Gasteiger partial charge is 0.192 e. The van der Waals surface area contributed by atoms with Gasteiger partial charge in [-0.3, -0.25) is 4.79 Å². The summed E-state index contributed by atoms with van der Waals surface area (Å²) in [4.78, 5) is 31.7. The Morgan fingerprint density at radius 1 is 0.821 bits per heavy atom. The van der Waals surface area contributed by atoms with Crippen molar-refractivity contribution in [2.24, 2.45) is 17.3 Å². The Labute approximate surface area is 353 Å². The van der Waals surface area contributed by atoms with E-state index in [-0.39, 0.29) is 51.4 Å². The van der Waals surface area contributed by atoms with Gasteiger partial charge in [0.15, 0.2) is 25.0 Å². The van der Waals surface area contributed by atoms with Crippen molar-refractivity contribution in [2.75, 3.05) is 0 Å². The average molecular weight is 851 g/mol. The molecule has 1 aromatic heterocycles. The van der Waals surface area contributed by atoms with E-state index in [1.807, 2.05) is 20.8 Å². The number of allylic oxidation sites excluding steroid dienone is 1. The minimum absolute atomic E-state index is 0.000564. The zero-order valence-corrected chi connectivity index (χ0v) is 44.2. The van der Waals surface area contributed by atoms with Crippen LogP contribution in [-0.2, 0) is 22.9 Å². The van der Waals surface area contributed by atoms with E-state index < -0.39 is 36.5 Å². The highest BCUT2D eigenvalue weighted by atomic mass is 32.1. The lowest BCUT2D eigenvalue weighted by molar-refractivity contribution is -0.142. The van der Waals surface area contributed by atoms with Crippen molar-refractivity contribution in [3.8, 4) is 0 Å². The van der Waals surface area contributed by atoms with Crippen LogP contribution in [0.25, 0.3) is 6.08 Å². The minimum atomic E-state index is -2.26. The van der Waals surface area contributed by atoms with Crippen LogP contribution in [0.3, 0.4) is 0 Å². The van der Waals surface area contributed by atoms with E-state index >= 15 is 0 Å². The Morgan fingerprint density at radius 2 is 1.32 bits per heavy atom. The van der Waals surface area contributed by atoms with Gasteiger partial charge in [-0.05, 0) is 125 Å². The molecule has 0 bridgehead atoms. The molecule has 0 aliphatic heterocycles. The zero-order chi connectivity index (χ0) is 43.9. The molecule has 1 heterocycles. The Kier molecular flexibility index (Phi) is 19.4. The standard InChI is InChI=1S/C46H87NO5SSi3/c1-23-38(42(49)46(15,16)40(29-30-48)51-55(19,20)44(9,10)11)41(52-56(21,22)45(12,13)14)34(3)26-24-25-33(2)27-28-39(50-54(17,18)43(6,7)8)35(4)31-37-32-53-36(5)47-37/h27,30-32,34,38-41H,23-26,28-29H2,1-22H3/t34-,38+,39-,40-,41-/m0/s1. The third kappa shape index (κ3) is 14.9. The molecule has 0 radical (unpaired) electrons. The number of aldehydes is 1. The number of Topliss-reactive ketones (excluding diaryl/α,β-unsaturated/α-hetero) is 1. The molecule has 1 rings (SSSR count). The number of carbonyl (C=O) groups excluding carboxylic acids is 2. The highest BCUT2D eigenvalue weighted by molar-refractivity contribution is 7.09. The Bertz CT molecular complexity index is 1470. The first-order chi connectivity index (χ1) is 25.1. The fourth-order valence-corrected chi connectivity index (χ4v) is 11.1. The quantitative estimate of drug-likeness (QED) is 0.0657. The number of ketones is 1. The van der Waals surface area contributed by atoms with E-state index in [9.17, 15) is 9.59 Å². The molecule has 0 fully saturated rings. The molecule has 0 saturated heterocycles. The fraction of sp³-hybridized carbons (Fsp3) is 0.804.